The van der Waals surface area contributed by atoms with Gasteiger partial charge in [0.25, 0.3) is 5.91 Å². The molecule has 0 bridgehead atoms. The summed E-state index contributed by atoms with van der Waals surface area (Å²) in [6.07, 6.45) is 1.66. The number of aromatic nitrogens is 2. The smallest absolute Gasteiger partial charge is 0.250 e. The molecule has 1 aliphatic heterocycles. The molecule has 2 aromatic rings. The van der Waals surface area contributed by atoms with E-state index in [2.05, 4.69) is 24.1 Å². The van der Waals surface area contributed by atoms with Gasteiger partial charge in [0.15, 0.2) is 9.84 Å². The van der Waals surface area contributed by atoms with E-state index in [4.69, 9.17) is 10.7 Å². The first kappa shape index (κ1) is 19.4. The average Bonchev–Trinajstić information content (AvgIpc) is 3.04. The van der Waals surface area contributed by atoms with Gasteiger partial charge < -0.3 is 11.1 Å². The van der Waals surface area contributed by atoms with Crippen LogP contribution in [0.1, 0.15) is 59.8 Å². The Morgan fingerprint density at radius 2 is 2.11 bits per heavy atom. The van der Waals surface area contributed by atoms with Gasteiger partial charge in [0.2, 0.25) is 0 Å². The highest BCUT2D eigenvalue weighted by Crippen LogP contribution is 2.31. The zero-order valence-corrected chi connectivity index (χ0v) is 16.5. The number of nitrogens with one attached hydrogen (secondary N) is 1. The SMILES string of the molecule is CCS(=O)(=O)c1ccc(Cc2nc3c(cc2C(N)=O)CNC3C(C)C)nc1. The summed E-state index contributed by atoms with van der Waals surface area (Å²) in [6.45, 7) is 6.48. The molecule has 27 heavy (non-hydrogen) atoms. The van der Waals surface area contributed by atoms with Crippen molar-refractivity contribution >= 4 is 15.7 Å². The number of nitrogens with two attached hydrogens (primary N) is 1. The maximum atomic E-state index is 11.9. The number of carbonyl (C=O) groups is 1. The summed E-state index contributed by atoms with van der Waals surface area (Å²) in [7, 11) is -3.29. The summed E-state index contributed by atoms with van der Waals surface area (Å²) < 4.78 is 23.8. The van der Waals surface area contributed by atoms with Gasteiger partial charge >= 0.3 is 0 Å². The van der Waals surface area contributed by atoms with Crippen molar-refractivity contribution in [3.05, 3.63) is 52.6 Å². The van der Waals surface area contributed by atoms with Crippen LogP contribution in [-0.4, -0.2) is 30.0 Å². The second-order valence-corrected chi connectivity index (χ2v) is 9.34. The van der Waals surface area contributed by atoms with Gasteiger partial charge in [-0.2, -0.15) is 0 Å². The van der Waals surface area contributed by atoms with Gasteiger partial charge in [-0.15, -0.1) is 0 Å². The predicted molar refractivity (Wildman–Crippen MR) is 102 cm³/mol. The lowest BCUT2D eigenvalue weighted by atomic mass is 9.98. The molecule has 2 aromatic heterocycles. The number of fused-ring (bicyclic) bond motifs is 1. The second kappa shape index (κ2) is 7.36. The summed E-state index contributed by atoms with van der Waals surface area (Å²) >= 11 is 0. The second-order valence-electron chi connectivity index (χ2n) is 7.06. The first-order chi connectivity index (χ1) is 12.7. The van der Waals surface area contributed by atoms with Crippen LogP contribution >= 0.6 is 0 Å². The number of carbonyl (C=O) groups excluding carboxylic acids is 1. The Labute approximate surface area is 159 Å². The first-order valence-electron chi connectivity index (χ1n) is 8.96. The summed E-state index contributed by atoms with van der Waals surface area (Å²) in [4.78, 5) is 21.1. The minimum atomic E-state index is -3.29. The number of amides is 1. The summed E-state index contributed by atoms with van der Waals surface area (Å²) in [5.74, 6) is -0.142. The lowest BCUT2D eigenvalue weighted by molar-refractivity contribution is 0.0999. The third-order valence-electron chi connectivity index (χ3n) is 4.84. The average molecular weight is 388 g/mol. The maximum Gasteiger partial charge on any atom is 0.250 e. The van der Waals surface area contributed by atoms with Crippen LogP contribution in [0, 0.1) is 5.92 Å². The van der Waals surface area contributed by atoms with Crippen molar-refractivity contribution in [1.29, 1.82) is 0 Å². The molecule has 0 spiro atoms. The van der Waals surface area contributed by atoms with Crippen molar-refractivity contribution in [2.75, 3.05) is 5.75 Å². The highest BCUT2D eigenvalue weighted by molar-refractivity contribution is 7.91. The normalized spacial score (nSPS) is 16.5. The Kier molecular flexibility index (Phi) is 5.30. The van der Waals surface area contributed by atoms with E-state index < -0.39 is 15.7 Å². The summed E-state index contributed by atoms with van der Waals surface area (Å²) in [5, 5.41) is 3.41. The summed E-state index contributed by atoms with van der Waals surface area (Å²) in [5.41, 5.74) is 9.06. The molecule has 1 amide bonds. The Hall–Kier alpha value is -2.32. The molecule has 1 unspecified atom stereocenters. The fraction of sp³-hybridized carbons (Fsp3) is 0.421. The van der Waals surface area contributed by atoms with Crippen LogP contribution in [0.4, 0.5) is 0 Å². The third-order valence-corrected chi connectivity index (χ3v) is 6.56. The van der Waals surface area contributed by atoms with E-state index in [0.717, 1.165) is 11.3 Å². The zero-order valence-electron chi connectivity index (χ0n) is 15.7. The molecule has 8 heteroatoms. The predicted octanol–water partition coefficient (Wildman–Crippen LogP) is 1.76. The highest BCUT2D eigenvalue weighted by Gasteiger charge is 2.28. The van der Waals surface area contributed by atoms with Crippen LogP contribution in [-0.2, 0) is 22.8 Å². The van der Waals surface area contributed by atoms with Gasteiger partial charge in [-0.3, -0.25) is 14.8 Å². The standard InChI is InChI=1S/C19H24N4O3S/c1-4-27(25,26)14-6-5-13(21-10-14)8-16-15(19(20)24)7-12-9-22-17(11(2)3)18(12)23-16/h5-7,10-11,17,22H,4,8-9H2,1-3H3,(H2,20,24). The van der Waals surface area contributed by atoms with Gasteiger partial charge in [-0.25, -0.2) is 8.42 Å². The molecule has 0 aromatic carbocycles. The number of sulfone groups is 1. The van der Waals surface area contributed by atoms with Crippen molar-refractivity contribution < 1.29 is 13.2 Å². The van der Waals surface area contributed by atoms with Crippen LogP contribution < -0.4 is 11.1 Å². The molecule has 0 radical (unpaired) electrons. The molecule has 3 rings (SSSR count). The quantitative estimate of drug-likeness (QED) is 0.779. The summed E-state index contributed by atoms with van der Waals surface area (Å²) in [6, 6.07) is 5.13. The van der Waals surface area contributed by atoms with Crippen LogP contribution in [0.15, 0.2) is 29.3 Å². The maximum absolute atomic E-state index is 11.9. The van der Waals surface area contributed by atoms with E-state index in [0.29, 0.717) is 35.8 Å². The first-order valence-corrected chi connectivity index (χ1v) is 10.6. The Bertz CT molecular complexity index is 969. The fourth-order valence-electron chi connectivity index (χ4n) is 3.27. The van der Waals surface area contributed by atoms with Crippen molar-refractivity contribution in [2.45, 2.75) is 44.7 Å². The molecule has 3 N–H and O–H groups in total. The van der Waals surface area contributed by atoms with E-state index in [9.17, 15) is 13.2 Å². The van der Waals surface area contributed by atoms with Crippen LogP contribution in [0.25, 0.3) is 0 Å². The third kappa shape index (κ3) is 3.86. The Balaban J connectivity index is 1.97. The number of hydrogen-bond donors (Lipinski definition) is 2. The minimum Gasteiger partial charge on any atom is -0.366 e. The van der Waals surface area contributed by atoms with Crippen LogP contribution in [0.2, 0.25) is 0 Å². The van der Waals surface area contributed by atoms with Gasteiger partial charge in [-0.05, 0) is 29.7 Å². The number of pyridine rings is 2. The lowest BCUT2D eigenvalue weighted by Crippen LogP contribution is -2.20. The van der Waals surface area contributed by atoms with Crippen molar-refractivity contribution in [1.82, 2.24) is 15.3 Å². The van der Waals surface area contributed by atoms with Crippen LogP contribution in [0.3, 0.4) is 0 Å². The van der Waals surface area contributed by atoms with Crippen molar-refractivity contribution in [3.63, 3.8) is 0 Å². The monoisotopic (exact) mass is 388 g/mol. The van der Waals surface area contributed by atoms with Crippen LogP contribution in [0.5, 0.6) is 0 Å². The van der Waals surface area contributed by atoms with Gasteiger partial charge in [0, 0.05) is 24.9 Å². The Morgan fingerprint density at radius 1 is 1.37 bits per heavy atom. The lowest BCUT2D eigenvalue weighted by Gasteiger charge is -2.17. The van der Waals surface area contributed by atoms with Crippen molar-refractivity contribution in [3.8, 4) is 0 Å². The molecule has 144 valence electrons. The highest BCUT2D eigenvalue weighted by atomic mass is 32.2. The largest absolute Gasteiger partial charge is 0.366 e. The molecule has 0 saturated carbocycles. The van der Waals surface area contributed by atoms with Gasteiger partial charge in [-0.1, -0.05) is 20.8 Å². The number of hydrogen-bond acceptors (Lipinski definition) is 6. The van der Waals surface area contributed by atoms with E-state index in [1.807, 2.05) is 6.07 Å². The topological polar surface area (TPSA) is 115 Å². The van der Waals surface area contributed by atoms with E-state index in [-0.39, 0.29) is 16.7 Å². The molecule has 0 saturated heterocycles. The zero-order chi connectivity index (χ0) is 19.8. The Morgan fingerprint density at radius 3 is 2.67 bits per heavy atom. The van der Waals surface area contributed by atoms with Gasteiger partial charge in [0.05, 0.1) is 33.6 Å². The molecular formula is C19H24N4O3S. The molecule has 7 nitrogen and oxygen atoms in total. The number of nitrogens with zero attached hydrogens (tertiary/aromatic N) is 2. The molecular weight excluding hydrogens is 364 g/mol. The molecule has 1 atom stereocenters. The minimum absolute atomic E-state index is 0.0236. The molecule has 0 aliphatic carbocycles. The molecule has 1 aliphatic rings. The molecule has 3 heterocycles. The molecule has 0 fully saturated rings. The van der Waals surface area contributed by atoms with E-state index in [1.165, 1.54) is 12.3 Å². The number of rotatable bonds is 6. The fourth-order valence-corrected chi connectivity index (χ4v) is 4.10. The van der Waals surface area contributed by atoms with Crippen molar-refractivity contribution in [2.24, 2.45) is 11.7 Å². The van der Waals surface area contributed by atoms with E-state index >= 15 is 0 Å². The number of primary amides is 1. The van der Waals surface area contributed by atoms with Gasteiger partial charge in [0.1, 0.15) is 0 Å². The van der Waals surface area contributed by atoms with E-state index in [1.54, 1.807) is 13.0 Å².